The summed E-state index contributed by atoms with van der Waals surface area (Å²) in [6, 6.07) is 7.33. The van der Waals surface area contributed by atoms with Crippen molar-refractivity contribution in [3.63, 3.8) is 0 Å². The van der Waals surface area contributed by atoms with E-state index >= 15 is 0 Å². The van der Waals surface area contributed by atoms with E-state index in [4.69, 9.17) is 4.74 Å². The minimum atomic E-state index is -0.260. The zero-order valence-corrected chi connectivity index (χ0v) is 15.5. The molecule has 1 N–H and O–H groups in total. The molecule has 1 atom stereocenters. The normalized spacial score (nSPS) is 15.9. The number of benzene rings is 1. The van der Waals surface area contributed by atoms with E-state index in [0.717, 1.165) is 11.2 Å². The van der Waals surface area contributed by atoms with Crippen molar-refractivity contribution in [1.82, 2.24) is 19.3 Å². The number of aryl methyl sites for hydroxylation is 2. The van der Waals surface area contributed by atoms with Crippen LogP contribution in [0, 0.1) is 24.2 Å². The van der Waals surface area contributed by atoms with Crippen LogP contribution in [0.5, 0.6) is 5.75 Å². The predicted octanol–water partition coefficient (Wildman–Crippen LogP) is 2.71. The van der Waals surface area contributed by atoms with Crippen LogP contribution in [0.1, 0.15) is 35.6 Å². The van der Waals surface area contributed by atoms with Gasteiger partial charge in [-0.2, -0.15) is 10.4 Å². The average molecular weight is 364 g/mol. The number of nitriles is 1. The maximum absolute atomic E-state index is 12.8. The van der Waals surface area contributed by atoms with Crippen LogP contribution in [-0.2, 0) is 13.1 Å². The van der Waals surface area contributed by atoms with E-state index in [1.54, 1.807) is 22.9 Å². The molecule has 0 spiro atoms. The lowest BCUT2D eigenvalue weighted by Gasteiger charge is -2.12. The van der Waals surface area contributed by atoms with Gasteiger partial charge in [0.15, 0.2) is 0 Å². The third kappa shape index (κ3) is 2.91. The molecule has 0 unspecified atom stereocenters. The molecule has 1 aliphatic rings. The fourth-order valence-corrected chi connectivity index (χ4v) is 3.41. The first-order valence-electron chi connectivity index (χ1n) is 8.93. The van der Waals surface area contributed by atoms with Gasteiger partial charge in [-0.05, 0) is 26.0 Å². The molecule has 0 saturated carbocycles. The summed E-state index contributed by atoms with van der Waals surface area (Å²) in [5.41, 5.74) is 3.19. The Morgan fingerprint density at radius 1 is 1.44 bits per heavy atom. The lowest BCUT2D eigenvalue weighted by molar-refractivity contribution is 0.101. The molecular weight excluding hydrogens is 344 g/mol. The maximum atomic E-state index is 12.8. The molecule has 1 amide bonds. The third-order valence-corrected chi connectivity index (χ3v) is 4.61. The second kappa shape index (κ2) is 6.43. The lowest BCUT2D eigenvalue weighted by Crippen LogP contribution is -2.21. The molecule has 1 aliphatic heterocycles. The number of amides is 1. The smallest absolute Gasteiger partial charge is 0.276 e. The minimum Gasteiger partial charge on any atom is -0.491 e. The molecule has 3 heterocycles. The van der Waals surface area contributed by atoms with Gasteiger partial charge in [0.2, 0.25) is 5.95 Å². The number of nitrogens with one attached hydrogen (secondary N) is 1. The topological polar surface area (TPSA) is 97.8 Å². The summed E-state index contributed by atoms with van der Waals surface area (Å²) < 4.78 is 9.51. The largest absolute Gasteiger partial charge is 0.491 e. The highest BCUT2D eigenvalue weighted by Gasteiger charge is 2.24. The number of ether oxygens (including phenoxy) is 1. The number of carbonyl (C=O) groups excluding carboxylic acids is 1. The molecule has 0 fully saturated rings. The SMILES string of the molecule is CCn1nc(C)cc1C(=O)Nc1nc2cc(C#N)cc3c2n1C[C@@H](C)CO3. The highest BCUT2D eigenvalue weighted by atomic mass is 16.5. The number of nitrogens with zero attached hydrogens (tertiary/aromatic N) is 5. The number of rotatable bonds is 3. The van der Waals surface area contributed by atoms with Crippen molar-refractivity contribution in [2.75, 3.05) is 11.9 Å². The second-order valence-corrected chi connectivity index (χ2v) is 6.86. The molecule has 0 radical (unpaired) electrons. The van der Waals surface area contributed by atoms with Gasteiger partial charge in [0, 0.05) is 25.1 Å². The molecular formula is C19H20N6O2. The van der Waals surface area contributed by atoms with Gasteiger partial charge < -0.3 is 9.30 Å². The van der Waals surface area contributed by atoms with Crippen molar-refractivity contribution in [3.05, 3.63) is 35.2 Å². The van der Waals surface area contributed by atoms with E-state index in [-0.39, 0.29) is 11.8 Å². The van der Waals surface area contributed by atoms with Crippen LogP contribution in [-0.4, -0.2) is 31.8 Å². The van der Waals surface area contributed by atoms with Crippen molar-refractivity contribution in [2.45, 2.75) is 33.9 Å². The molecule has 4 rings (SSSR count). The van der Waals surface area contributed by atoms with Gasteiger partial charge in [0.1, 0.15) is 17.0 Å². The van der Waals surface area contributed by atoms with Crippen molar-refractivity contribution in [2.24, 2.45) is 5.92 Å². The Kier molecular flexibility index (Phi) is 4.07. The Bertz CT molecular complexity index is 1090. The standard InChI is InChI=1S/C19H20N6O2/c1-4-25-15(5-12(3)23-25)18(26)22-19-21-14-6-13(8-20)7-16-17(14)24(19)9-11(2)10-27-16/h5-7,11H,4,9-10H2,1-3H3,(H,21,22,26)/t11-/m1/s1. The predicted molar refractivity (Wildman–Crippen MR) is 99.7 cm³/mol. The molecule has 8 heteroatoms. The number of hydrogen-bond acceptors (Lipinski definition) is 5. The van der Waals surface area contributed by atoms with Crippen LogP contribution < -0.4 is 10.1 Å². The maximum Gasteiger partial charge on any atom is 0.276 e. The van der Waals surface area contributed by atoms with E-state index in [2.05, 4.69) is 28.4 Å². The van der Waals surface area contributed by atoms with Gasteiger partial charge in [0.25, 0.3) is 5.91 Å². The van der Waals surface area contributed by atoms with E-state index < -0.39 is 0 Å². The quantitative estimate of drug-likeness (QED) is 0.770. The number of anilines is 1. The molecule has 0 saturated heterocycles. The highest BCUT2D eigenvalue weighted by molar-refractivity contribution is 6.03. The Morgan fingerprint density at radius 2 is 2.26 bits per heavy atom. The fraction of sp³-hybridized carbons (Fsp3) is 0.368. The van der Waals surface area contributed by atoms with Gasteiger partial charge in [0.05, 0.1) is 29.5 Å². The zero-order valence-electron chi connectivity index (χ0n) is 15.5. The van der Waals surface area contributed by atoms with Crippen molar-refractivity contribution in [3.8, 4) is 11.8 Å². The summed E-state index contributed by atoms with van der Waals surface area (Å²) >= 11 is 0. The first-order valence-corrected chi connectivity index (χ1v) is 8.93. The Labute approximate surface area is 156 Å². The van der Waals surface area contributed by atoms with Crippen LogP contribution in [0.15, 0.2) is 18.2 Å². The van der Waals surface area contributed by atoms with Crippen molar-refractivity contribution in [1.29, 1.82) is 5.26 Å². The van der Waals surface area contributed by atoms with Gasteiger partial charge in [-0.3, -0.25) is 14.8 Å². The van der Waals surface area contributed by atoms with Gasteiger partial charge >= 0.3 is 0 Å². The molecule has 2 aromatic heterocycles. The number of aromatic nitrogens is 4. The van der Waals surface area contributed by atoms with Crippen LogP contribution in [0.2, 0.25) is 0 Å². The van der Waals surface area contributed by atoms with E-state index in [0.29, 0.717) is 48.2 Å². The fourth-order valence-electron chi connectivity index (χ4n) is 3.41. The summed E-state index contributed by atoms with van der Waals surface area (Å²) in [5.74, 6) is 1.05. The Balaban J connectivity index is 1.80. The first kappa shape index (κ1) is 17.1. The van der Waals surface area contributed by atoms with Crippen LogP contribution in [0.25, 0.3) is 11.0 Å². The molecule has 27 heavy (non-hydrogen) atoms. The van der Waals surface area contributed by atoms with Gasteiger partial charge in [-0.1, -0.05) is 6.92 Å². The molecule has 138 valence electrons. The van der Waals surface area contributed by atoms with E-state index in [1.807, 2.05) is 18.4 Å². The van der Waals surface area contributed by atoms with Crippen LogP contribution in [0.4, 0.5) is 5.95 Å². The molecule has 8 nitrogen and oxygen atoms in total. The molecule has 0 bridgehead atoms. The first-order chi connectivity index (χ1) is 13.0. The molecule has 1 aromatic carbocycles. The minimum absolute atomic E-state index is 0.236. The summed E-state index contributed by atoms with van der Waals surface area (Å²) in [6.07, 6.45) is 0. The number of imidazole rings is 1. The summed E-state index contributed by atoms with van der Waals surface area (Å²) in [4.78, 5) is 17.4. The van der Waals surface area contributed by atoms with Gasteiger partial charge in [-0.25, -0.2) is 4.98 Å². The molecule has 0 aliphatic carbocycles. The second-order valence-electron chi connectivity index (χ2n) is 6.86. The van der Waals surface area contributed by atoms with Crippen molar-refractivity contribution < 1.29 is 9.53 Å². The van der Waals surface area contributed by atoms with E-state index in [9.17, 15) is 10.1 Å². The highest BCUT2D eigenvalue weighted by Crippen LogP contribution is 2.33. The van der Waals surface area contributed by atoms with Gasteiger partial charge in [-0.15, -0.1) is 0 Å². The van der Waals surface area contributed by atoms with E-state index in [1.165, 1.54) is 0 Å². The Hall–Kier alpha value is -3.34. The summed E-state index contributed by atoms with van der Waals surface area (Å²) in [5, 5.41) is 16.5. The monoisotopic (exact) mass is 364 g/mol. The van der Waals surface area contributed by atoms with Crippen LogP contribution >= 0.6 is 0 Å². The number of carbonyl (C=O) groups is 1. The zero-order chi connectivity index (χ0) is 19.1. The summed E-state index contributed by atoms with van der Waals surface area (Å²) in [7, 11) is 0. The number of hydrogen-bond donors (Lipinski definition) is 1. The van der Waals surface area contributed by atoms with Crippen molar-refractivity contribution >= 4 is 22.9 Å². The average Bonchev–Trinajstić information content (AvgIpc) is 3.14. The third-order valence-electron chi connectivity index (χ3n) is 4.61. The molecule has 3 aromatic rings. The lowest BCUT2D eigenvalue weighted by atomic mass is 10.2. The Morgan fingerprint density at radius 3 is 3.00 bits per heavy atom. The summed E-state index contributed by atoms with van der Waals surface area (Å²) in [6.45, 7) is 7.68. The van der Waals surface area contributed by atoms with Crippen LogP contribution in [0.3, 0.4) is 0 Å².